The Morgan fingerprint density at radius 3 is 2.97 bits per heavy atom. The van der Waals surface area contributed by atoms with Gasteiger partial charge in [-0.25, -0.2) is 4.79 Å². The Kier molecular flexibility index (Phi) is 6.21. The topological polar surface area (TPSA) is 134 Å². The van der Waals surface area contributed by atoms with Crippen molar-refractivity contribution in [3.05, 3.63) is 23.4 Å². The predicted octanol–water partition coefficient (Wildman–Crippen LogP) is 0.894. The molecule has 6 rings (SSSR count). The molecule has 9 heteroatoms. The van der Waals surface area contributed by atoms with E-state index in [9.17, 15) is 24.9 Å². The number of hydrogen-bond donors (Lipinski definition) is 5. The summed E-state index contributed by atoms with van der Waals surface area (Å²) in [6.45, 7) is 2.20. The highest BCUT2D eigenvalue weighted by molar-refractivity contribution is 6.04. The lowest BCUT2D eigenvalue weighted by molar-refractivity contribution is -0.150. The highest BCUT2D eigenvalue weighted by atomic mass is 16.4. The fraction of sp³-hybridized carbons (Fsp3) is 0.690. The number of carbonyl (C=O) groups is 2. The highest BCUT2D eigenvalue weighted by Crippen LogP contribution is 2.78. The van der Waals surface area contributed by atoms with Crippen molar-refractivity contribution < 1.29 is 24.9 Å². The van der Waals surface area contributed by atoms with Gasteiger partial charge in [0.25, 0.3) is 0 Å². The Morgan fingerprint density at radius 2 is 2.21 bits per heavy atom. The van der Waals surface area contributed by atoms with Crippen LogP contribution in [0, 0.1) is 46.3 Å². The number of allylic oxidation sites excluding steroid dienone is 1. The number of guanidine groups is 1. The Hall–Kier alpha value is -2.67. The average molecular weight is 523 g/mol. The van der Waals surface area contributed by atoms with Gasteiger partial charge in [-0.3, -0.25) is 9.79 Å². The molecule has 7 atom stereocenters. The molecule has 0 aromatic rings. The molecule has 6 bridgehead atoms. The molecule has 9 nitrogen and oxygen atoms in total. The monoisotopic (exact) mass is 522 g/mol. The second-order valence-corrected chi connectivity index (χ2v) is 12.0. The van der Waals surface area contributed by atoms with Gasteiger partial charge in [0.1, 0.15) is 0 Å². The maximum absolute atomic E-state index is 13.5. The number of nitrogens with one attached hydrogen (secondary N) is 2. The van der Waals surface area contributed by atoms with Crippen LogP contribution in [0.15, 0.2) is 28.4 Å². The standard InChI is InChI=1S/C29H38N4O5/c1-30-26-32-9-4-5-18-13-19-6-2-3-7-23(35)29(38)16-27(19)22(24(29)25(36)37)14-21(18)28(27)17-33(26)11-8-20(28)15-31-10-12-34/h8,11,18-21,31,34,38H,2-3,6-7,9-10,12-17H2,1H3,(H,30,32)(H,36,37)/t18-,19-,20-,21+,27+,28+,29-/m1/s1. The molecule has 0 saturated heterocycles. The molecule has 5 N–H and O–H groups in total. The zero-order valence-electron chi connectivity index (χ0n) is 22.0. The maximum atomic E-state index is 13.5. The maximum Gasteiger partial charge on any atom is 0.334 e. The van der Waals surface area contributed by atoms with E-state index >= 15 is 0 Å². The number of aliphatic hydroxyl groups is 2. The molecule has 2 heterocycles. The molecule has 6 aliphatic rings. The van der Waals surface area contributed by atoms with Gasteiger partial charge in [0.2, 0.25) is 0 Å². The van der Waals surface area contributed by atoms with E-state index in [-0.39, 0.29) is 54.5 Å². The third-order valence-electron chi connectivity index (χ3n) is 10.7. The second kappa shape index (κ2) is 9.22. The van der Waals surface area contributed by atoms with Gasteiger partial charge in [0, 0.05) is 56.1 Å². The summed E-state index contributed by atoms with van der Waals surface area (Å²) in [5.41, 5.74) is -2.32. The first-order valence-electron chi connectivity index (χ1n) is 14.0. The second-order valence-electron chi connectivity index (χ2n) is 12.0. The molecule has 0 aromatic carbocycles. The first-order valence-corrected chi connectivity index (χ1v) is 14.0. The van der Waals surface area contributed by atoms with Gasteiger partial charge < -0.3 is 30.9 Å². The number of rotatable bonds is 5. The number of aliphatic hydroxyl groups excluding tert-OH is 1. The van der Waals surface area contributed by atoms with E-state index < -0.39 is 22.4 Å². The zero-order chi connectivity index (χ0) is 26.7. The first-order chi connectivity index (χ1) is 18.3. The van der Waals surface area contributed by atoms with Gasteiger partial charge in [0.15, 0.2) is 17.3 Å². The van der Waals surface area contributed by atoms with Gasteiger partial charge in [-0.2, -0.15) is 0 Å². The minimum absolute atomic E-state index is 0.00526. The lowest BCUT2D eigenvalue weighted by Gasteiger charge is -2.62. The third kappa shape index (κ3) is 3.26. The highest BCUT2D eigenvalue weighted by Gasteiger charge is 2.77. The zero-order valence-corrected chi connectivity index (χ0v) is 22.0. The number of carboxylic acid groups (broad SMARTS) is 1. The number of aliphatic carboxylic acids is 1. The van der Waals surface area contributed by atoms with Crippen molar-refractivity contribution in [2.75, 3.05) is 39.8 Å². The van der Waals surface area contributed by atoms with Crippen molar-refractivity contribution in [3.8, 4) is 11.8 Å². The normalized spacial score (nSPS) is 42.1. The van der Waals surface area contributed by atoms with Gasteiger partial charge in [-0.1, -0.05) is 24.3 Å². The van der Waals surface area contributed by atoms with Crippen LogP contribution in [-0.4, -0.2) is 83.4 Å². The van der Waals surface area contributed by atoms with Crippen molar-refractivity contribution in [3.63, 3.8) is 0 Å². The lowest BCUT2D eigenvalue weighted by Crippen LogP contribution is -2.65. The molecule has 2 aliphatic heterocycles. The van der Waals surface area contributed by atoms with Crippen LogP contribution < -0.4 is 10.6 Å². The van der Waals surface area contributed by atoms with E-state index in [4.69, 9.17) is 0 Å². The quantitative estimate of drug-likeness (QED) is 0.266. The van der Waals surface area contributed by atoms with Crippen molar-refractivity contribution in [2.24, 2.45) is 39.5 Å². The van der Waals surface area contributed by atoms with Crippen LogP contribution in [0.25, 0.3) is 0 Å². The summed E-state index contributed by atoms with van der Waals surface area (Å²) >= 11 is 0. The van der Waals surface area contributed by atoms with Crippen LogP contribution in [0.4, 0.5) is 0 Å². The Bertz CT molecular complexity index is 1200. The fourth-order valence-corrected chi connectivity index (χ4v) is 9.47. The van der Waals surface area contributed by atoms with Gasteiger partial charge >= 0.3 is 5.97 Å². The molecule has 4 aliphatic carbocycles. The molecule has 0 radical (unpaired) electrons. The molecule has 0 unspecified atom stereocenters. The minimum Gasteiger partial charge on any atom is -0.478 e. The van der Waals surface area contributed by atoms with Crippen LogP contribution in [0.3, 0.4) is 0 Å². The van der Waals surface area contributed by atoms with Gasteiger partial charge in [-0.05, 0) is 55.4 Å². The molecule has 2 spiro atoms. The summed E-state index contributed by atoms with van der Waals surface area (Å²) in [6, 6.07) is 0. The summed E-state index contributed by atoms with van der Waals surface area (Å²) in [5, 5.41) is 38.9. The Balaban J connectivity index is 1.65. The third-order valence-corrected chi connectivity index (χ3v) is 10.7. The molecule has 3 fully saturated rings. The van der Waals surface area contributed by atoms with Crippen molar-refractivity contribution in [1.82, 2.24) is 15.5 Å². The number of Topliss-reactive ketones (excluding diaryl/α,β-unsaturated/α-hetero) is 1. The van der Waals surface area contributed by atoms with Crippen molar-refractivity contribution in [1.29, 1.82) is 0 Å². The van der Waals surface area contributed by atoms with Crippen molar-refractivity contribution >= 4 is 17.7 Å². The smallest absolute Gasteiger partial charge is 0.334 e. The van der Waals surface area contributed by atoms with Crippen LogP contribution in [0.5, 0.6) is 0 Å². The van der Waals surface area contributed by atoms with Gasteiger partial charge in [-0.15, -0.1) is 0 Å². The summed E-state index contributed by atoms with van der Waals surface area (Å²) in [7, 11) is 1.75. The molecule has 0 aromatic heterocycles. The van der Waals surface area contributed by atoms with E-state index in [1.54, 1.807) is 7.05 Å². The SMILES string of the molecule is CN=C1NCC#C[C@@H]2C[C@H]3CCCCC(=O)[C@]4(O)C[C@@]35C(=C4C(=O)O)C[C@@H]2[C@@]52CN1C=C[C@@H]2CNCCO. The van der Waals surface area contributed by atoms with Crippen molar-refractivity contribution in [2.45, 2.75) is 50.5 Å². The number of nitrogens with zero attached hydrogens (tertiary/aromatic N) is 2. The number of carbonyl (C=O) groups excluding carboxylic acids is 1. The first kappa shape index (κ1) is 25.6. The molecule has 3 saturated carbocycles. The lowest BCUT2D eigenvalue weighted by atomic mass is 9.43. The Morgan fingerprint density at radius 1 is 1.37 bits per heavy atom. The summed E-state index contributed by atoms with van der Waals surface area (Å²) in [4.78, 5) is 33.1. The molecular formula is C29H38N4O5. The molecule has 38 heavy (non-hydrogen) atoms. The van der Waals surface area contributed by atoms with E-state index in [0.29, 0.717) is 45.0 Å². The molecule has 204 valence electrons. The minimum atomic E-state index is -1.97. The summed E-state index contributed by atoms with van der Waals surface area (Å²) in [6.07, 6.45) is 8.42. The van der Waals surface area contributed by atoms with Gasteiger partial charge in [0.05, 0.1) is 18.7 Å². The predicted molar refractivity (Wildman–Crippen MR) is 141 cm³/mol. The molecule has 0 amide bonds. The number of ketones is 1. The number of fused-ring (bicyclic) bond motifs is 2. The number of hydrogen-bond acceptors (Lipinski definition) is 6. The number of carboxylic acids is 1. The number of aliphatic imine (C=N–C) groups is 1. The van der Waals surface area contributed by atoms with E-state index in [0.717, 1.165) is 24.8 Å². The molecular weight excluding hydrogens is 484 g/mol. The fourth-order valence-electron chi connectivity index (χ4n) is 9.47. The summed E-state index contributed by atoms with van der Waals surface area (Å²) in [5.74, 6) is 6.43. The van der Waals surface area contributed by atoms with E-state index in [1.807, 2.05) is 0 Å². The largest absolute Gasteiger partial charge is 0.478 e. The van der Waals surface area contributed by atoms with Crippen LogP contribution in [0.1, 0.15) is 44.9 Å². The summed E-state index contributed by atoms with van der Waals surface area (Å²) < 4.78 is 0. The van der Waals surface area contributed by atoms with Crippen LogP contribution >= 0.6 is 0 Å². The average Bonchev–Trinajstić information content (AvgIpc) is 3.28. The van der Waals surface area contributed by atoms with E-state index in [2.05, 4.69) is 44.6 Å². The van der Waals surface area contributed by atoms with E-state index in [1.165, 1.54) is 0 Å². The van der Waals surface area contributed by atoms with Crippen LogP contribution in [0.2, 0.25) is 0 Å². The Labute approximate surface area is 223 Å². The van der Waals surface area contributed by atoms with Crippen LogP contribution in [-0.2, 0) is 9.59 Å².